The van der Waals surface area contributed by atoms with E-state index in [2.05, 4.69) is 30.4 Å². The summed E-state index contributed by atoms with van der Waals surface area (Å²) in [6.45, 7) is 2.08. The van der Waals surface area contributed by atoms with Gasteiger partial charge in [-0.25, -0.2) is 4.98 Å². The summed E-state index contributed by atoms with van der Waals surface area (Å²) in [7, 11) is 0. The fourth-order valence-corrected chi connectivity index (χ4v) is 4.82. The number of thiophene rings is 1. The molecule has 4 aromatic rings. The number of benzene rings is 2. The molecule has 3 nitrogen and oxygen atoms in total. The standard InChI is InChI=1S/C20H15ClN2OS2/c1-12-2-8-16-17(10-12)26-20(23-16)13-3-5-14(6-4-13)22-19(24)11-15-7-9-18(21)25-15/h2-10H,11H2,1H3,(H,22,24). The topological polar surface area (TPSA) is 42.0 Å². The number of fused-ring (bicyclic) bond motifs is 1. The summed E-state index contributed by atoms with van der Waals surface area (Å²) in [5.74, 6) is -0.0493. The van der Waals surface area contributed by atoms with Crippen LogP contribution in [0.15, 0.2) is 54.6 Å². The molecule has 2 aromatic carbocycles. The third kappa shape index (κ3) is 3.80. The van der Waals surface area contributed by atoms with E-state index in [9.17, 15) is 4.79 Å². The quantitative estimate of drug-likeness (QED) is 0.446. The van der Waals surface area contributed by atoms with Gasteiger partial charge in [-0.3, -0.25) is 4.79 Å². The van der Waals surface area contributed by atoms with Crippen molar-refractivity contribution in [2.75, 3.05) is 5.32 Å². The second-order valence-electron chi connectivity index (χ2n) is 6.00. The van der Waals surface area contributed by atoms with Gasteiger partial charge in [0, 0.05) is 16.1 Å². The Labute approximate surface area is 164 Å². The highest BCUT2D eigenvalue weighted by Crippen LogP contribution is 2.31. The lowest BCUT2D eigenvalue weighted by atomic mass is 10.2. The van der Waals surface area contributed by atoms with Gasteiger partial charge in [0.25, 0.3) is 0 Å². The van der Waals surface area contributed by atoms with Gasteiger partial charge in [0.05, 0.1) is 21.0 Å². The minimum atomic E-state index is -0.0493. The molecule has 0 aliphatic heterocycles. The summed E-state index contributed by atoms with van der Waals surface area (Å²) >= 11 is 9.01. The predicted molar refractivity (Wildman–Crippen MR) is 111 cm³/mol. The lowest BCUT2D eigenvalue weighted by Gasteiger charge is -2.05. The third-order valence-corrected chi connectivity index (χ3v) is 6.22. The number of aromatic nitrogens is 1. The van der Waals surface area contributed by atoms with Gasteiger partial charge in [-0.2, -0.15) is 0 Å². The lowest BCUT2D eigenvalue weighted by Crippen LogP contribution is -2.13. The van der Waals surface area contributed by atoms with Gasteiger partial charge in [0.15, 0.2) is 0 Å². The molecule has 0 atom stereocenters. The summed E-state index contributed by atoms with van der Waals surface area (Å²) in [5.41, 5.74) is 4.07. The minimum Gasteiger partial charge on any atom is -0.326 e. The SMILES string of the molecule is Cc1ccc2nc(-c3ccc(NC(=O)Cc4ccc(Cl)s4)cc3)sc2c1. The van der Waals surface area contributed by atoms with E-state index >= 15 is 0 Å². The van der Waals surface area contributed by atoms with Crippen LogP contribution in [0.5, 0.6) is 0 Å². The van der Waals surface area contributed by atoms with Crippen molar-refractivity contribution >= 4 is 56.1 Å². The van der Waals surface area contributed by atoms with Crippen LogP contribution in [0.2, 0.25) is 4.34 Å². The maximum Gasteiger partial charge on any atom is 0.229 e. The van der Waals surface area contributed by atoms with Gasteiger partial charge >= 0.3 is 0 Å². The van der Waals surface area contributed by atoms with Crippen LogP contribution in [0.1, 0.15) is 10.4 Å². The molecular weight excluding hydrogens is 384 g/mol. The van der Waals surface area contributed by atoms with Crippen LogP contribution in [-0.4, -0.2) is 10.9 Å². The summed E-state index contributed by atoms with van der Waals surface area (Å²) in [4.78, 5) is 17.8. The maximum absolute atomic E-state index is 12.1. The summed E-state index contributed by atoms with van der Waals surface area (Å²) < 4.78 is 1.88. The van der Waals surface area contributed by atoms with E-state index < -0.39 is 0 Å². The Morgan fingerprint density at radius 3 is 2.62 bits per heavy atom. The molecule has 2 heterocycles. The van der Waals surface area contributed by atoms with E-state index in [4.69, 9.17) is 16.6 Å². The molecule has 1 amide bonds. The van der Waals surface area contributed by atoms with E-state index in [1.165, 1.54) is 21.6 Å². The molecule has 0 radical (unpaired) electrons. The van der Waals surface area contributed by atoms with E-state index in [1.807, 2.05) is 36.4 Å². The first-order valence-corrected chi connectivity index (χ1v) is 10.1. The molecule has 1 N–H and O–H groups in total. The molecule has 4 rings (SSSR count). The Hall–Kier alpha value is -2.21. The van der Waals surface area contributed by atoms with E-state index in [-0.39, 0.29) is 5.91 Å². The van der Waals surface area contributed by atoms with Crippen LogP contribution in [0.4, 0.5) is 5.69 Å². The molecule has 0 aliphatic rings. The number of rotatable bonds is 4. The van der Waals surface area contributed by atoms with Gasteiger partial charge in [-0.15, -0.1) is 22.7 Å². The second kappa shape index (κ2) is 7.19. The van der Waals surface area contributed by atoms with Crippen LogP contribution in [0.3, 0.4) is 0 Å². The first-order valence-electron chi connectivity index (χ1n) is 8.08. The highest BCUT2D eigenvalue weighted by atomic mass is 35.5. The second-order valence-corrected chi connectivity index (χ2v) is 8.83. The van der Waals surface area contributed by atoms with E-state index in [0.717, 1.165) is 26.7 Å². The van der Waals surface area contributed by atoms with Gasteiger partial charge in [0.1, 0.15) is 5.01 Å². The molecule has 0 unspecified atom stereocenters. The number of carbonyl (C=O) groups is 1. The molecule has 26 heavy (non-hydrogen) atoms. The van der Waals surface area contributed by atoms with E-state index in [1.54, 1.807) is 11.3 Å². The monoisotopic (exact) mass is 398 g/mol. The molecule has 0 spiro atoms. The lowest BCUT2D eigenvalue weighted by molar-refractivity contribution is -0.115. The van der Waals surface area contributed by atoms with Gasteiger partial charge in [-0.1, -0.05) is 17.7 Å². The number of hydrogen-bond donors (Lipinski definition) is 1. The summed E-state index contributed by atoms with van der Waals surface area (Å²) in [6.07, 6.45) is 0.330. The van der Waals surface area contributed by atoms with Gasteiger partial charge in [0.2, 0.25) is 5.91 Å². The van der Waals surface area contributed by atoms with Crippen molar-refractivity contribution in [2.24, 2.45) is 0 Å². The zero-order valence-corrected chi connectivity index (χ0v) is 16.3. The molecule has 0 fully saturated rings. The first kappa shape index (κ1) is 17.2. The van der Waals surface area contributed by atoms with Crippen LogP contribution in [0, 0.1) is 6.92 Å². The summed E-state index contributed by atoms with van der Waals surface area (Å²) in [5, 5.41) is 3.90. The normalized spacial score (nSPS) is 11.0. The molecule has 0 bridgehead atoms. The number of aryl methyl sites for hydroxylation is 1. The largest absolute Gasteiger partial charge is 0.326 e. The zero-order valence-electron chi connectivity index (χ0n) is 14.0. The van der Waals surface area contributed by atoms with Crippen molar-refractivity contribution in [3.63, 3.8) is 0 Å². The van der Waals surface area contributed by atoms with E-state index in [0.29, 0.717) is 10.8 Å². The van der Waals surface area contributed by atoms with Crippen molar-refractivity contribution in [3.05, 3.63) is 69.4 Å². The summed E-state index contributed by atoms with van der Waals surface area (Å²) in [6, 6.07) is 17.8. The Morgan fingerprint density at radius 2 is 1.88 bits per heavy atom. The molecule has 6 heteroatoms. The van der Waals surface area contributed by atoms with Crippen LogP contribution < -0.4 is 5.32 Å². The smallest absolute Gasteiger partial charge is 0.229 e. The Balaban J connectivity index is 1.48. The Bertz CT molecular complexity index is 1080. The highest BCUT2D eigenvalue weighted by Gasteiger charge is 2.09. The Kier molecular flexibility index (Phi) is 4.76. The fourth-order valence-electron chi connectivity index (χ4n) is 2.66. The van der Waals surface area contributed by atoms with Crippen LogP contribution in [0.25, 0.3) is 20.8 Å². The zero-order chi connectivity index (χ0) is 18.1. The molecule has 0 aliphatic carbocycles. The van der Waals surface area contributed by atoms with Gasteiger partial charge in [-0.05, 0) is 61.0 Å². The number of nitrogens with one attached hydrogen (secondary N) is 1. The van der Waals surface area contributed by atoms with Crippen molar-refractivity contribution < 1.29 is 4.79 Å². The minimum absolute atomic E-state index is 0.0493. The number of halogens is 1. The maximum atomic E-state index is 12.1. The molecule has 0 saturated heterocycles. The highest BCUT2D eigenvalue weighted by molar-refractivity contribution is 7.21. The Morgan fingerprint density at radius 1 is 1.08 bits per heavy atom. The first-order chi connectivity index (χ1) is 12.6. The van der Waals surface area contributed by atoms with Crippen LogP contribution >= 0.6 is 34.3 Å². The molecule has 130 valence electrons. The fraction of sp³-hybridized carbons (Fsp3) is 0.100. The molecule has 0 saturated carbocycles. The van der Waals surface area contributed by atoms with Crippen molar-refractivity contribution in [3.8, 4) is 10.6 Å². The number of nitrogens with zero attached hydrogens (tertiary/aromatic N) is 1. The third-order valence-electron chi connectivity index (χ3n) is 3.92. The van der Waals surface area contributed by atoms with Gasteiger partial charge < -0.3 is 5.32 Å². The number of carbonyl (C=O) groups excluding carboxylic acids is 1. The number of hydrogen-bond acceptors (Lipinski definition) is 4. The average molecular weight is 399 g/mol. The van der Waals surface area contributed by atoms with Crippen molar-refractivity contribution in [1.29, 1.82) is 0 Å². The number of amides is 1. The van der Waals surface area contributed by atoms with Crippen molar-refractivity contribution in [2.45, 2.75) is 13.3 Å². The number of anilines is 1. The van der Waals surface area contributed by atoms with Crippen molar-refractivity contribution in [1.82, 2.24) is 4.98 Å². The predicted octanol–water partition coefficient (Wildman–Crippen LogP) is 6.17. The average Bonchev–Trinajstić information content (AvgIpc) is 3.21. The molecule has 2 aromatic heterocycles. The number of thiazole rings is 1. The molecular formula is C20H15ClN2OS2. The van der Waals surface area contributed by atoms with Crippen LogP contribution in [-0.2, 0) is 11.2 Å².